The molecule has 4 nitrogen and oxygen atoms in total. The Morgan fingerprint density at radius 2 is 2.53 bits per heavy atom. The summed E-state index contributed by atoms with van der Waals surface area (Å²) in [5.41, 5.74) is 1.07. The summed E-state index contributed by atoms with van der Waals surface area (Å²) in [5, 5.41) is 3.36. The largest absolute Gasteiger partial charge is 0.465 e. The molecule has 92 valence electrons. The summed E-state index contributed by atoms with van der Waals surface area (Å²) in [6.07, 6.45) is 1.81. The summed E-state index contributed by atoms with van der Waals surface area (Å²) in [7, 11) is 0. The number of hydrogen-bond acceptors (Lipinski definition) is 5. The highest BCUT2D eigenvalue weighted by Crippen LogP contribution is 2.32. The first kappa shape index (κ1) is 12.9. The van der Waals surface area contributed by atoms with Crippen LogP contribution in [0.4, 0.5) is 0 Å². The van der Waals surface area contributed by atoms with Crippen molar-refractivity contribution in [3.05, 3.63) is 28.5 Å². The first-order valence-corrected chi connectivity index (χ1v) is 7.20. The molecular weight excluding hydrogens is 304 g/mol. The maximum absolute atomic E-state index is 11.6. The molecule has 2 atom stereocenters. The quantitative estimate of drug-likeness (QED) is 0.683. The lowest BCUT2D eigenvalue weighted by atomic mass is 10.2. The number of nitrogens with zero attached hydrogens (tertiary/aromatic N) is 1. The molecule has 2 heterocycles. The average molecular weight is 317 g/mol. The van der Waals surface area contributed by atoms with Crippen molar-refractivity contribution in [1.82, 2.24) is 10.3 Å². The molecule has 0 aromatic carbocycles. The van der Waals surface area contributed by atoms with Crippen LogP contribution in [0.5, 0.6) is 0 Å². The van der Waals surface area contributed by atoms with E-state index in [-0.39, 0.29) is 17.4 Å². The topological polar surface area (TPSA) is 51.2 Å². The van der Waals surface area contributed by atoms with Crippen LogP contribution < -0.4 is 5.32 Å². The number of aromatic nitrogens is 1. The fraction of sp³-hybridized carbons (Fsp3) is 0.455. The van der Waals surface area contributed by atoms with Crippen molar-refractivity contribution in [3.8, 4) is 0 Å². The minimum absolute atomic E-state index is 0.116. The van der Waals surface area contributed by atoms with E-state index in [1.165, 1.54) is 0 Å². The maximum Gasteiger partial charge on any atom is 0.324 e. The molecule has 0 amide bonds. The second-order valence-electron chi connectivity index (χ2n) is 3.60. The lowest BCUT2D eigenvalue weighted by molar-refractivity contribution is -0.144. The number of pyridine rings is 1. The highest BCUT2D eigenvalue weighted by molar-refractivity contribution is 9.10. The molecule has 0 radical (unpaired) electrons. The van der Waals surface area contributed by atoms with E-state index in [1.807, 2.05) is 25.3 Å². The first-order valence-electron chi connectivity index (χ1n) is 5.36. The van der Waals surface area contributed by atoms with Crippen LogP contribution in [-0.2, 0) is 9.53 Å². The second kappa shape index (κ2) is 5.84. The third-order valence-electron chi connectivity index (χ3n) is 2.41. The molecule has 0 spiro atoms. The van der Waals surface area contributed by atoms with Gasteiger partial charge in [0.05, 0.1) is 12.0 Å². The normalized spacial score (nSPS) is 23.6. The van der Waals surface area contributed by atoms with E-state index in [0.29, 0.717) is 6.61 Å². The Morgan fingerprint density at radius 3 is 3.18 bits per heavy atom. The van der Waals surface area contributed by atoms with Gasteiger partial charge in [0, 0.05) is 11.9 Å². The van der Waals surface area contributed by atoms with Gasteiger partial charge in [-0.1, -0.05) is 6.07 Å². The van der Waals surface area contributed by atoms with E-state index < -0.39 is 0 Å². The van der Waals surface area contributed by atoms with Crippen LogP contribution in [0.15, 0.2) is 22.9 Å². The predicted molar refractivity (Wildman–Crippen MR) is 70.7 cm³/mol. The lowest BCUT2D eigenvalue weighted by Crippen LogP contribution is -2.35. The number of nitrogens with one attached hydrogen (secondary N) is 1. The van der Waals surface area contributed by atoms with E-state index in [2.05, 4.69) is 26.2 Å². The third kappa shape index (κ3) is 3.20. The minimum atomic E-state index is -0.214. The predicted octanol–water partition coefficient (Wildman–Crippen LogP) is 2.11. The molecule has 6 heteroatoms. The molecule has 0 aliphatic carbocycles. The number of ether oxygens (including phenoxy) is 1. The van der Waals surface area contributed by atoms with Gasteiger partial charge in [-0.2, -0.15) is 0 Å². The zero-order chi connectivity index (χ0) is 12.3. The average Bonchev–Trinajstić information content (AvgIpc) is 2.80. The van der Waals surface area contributed by atoms with Crippen molar-refractivity contribution >= 4 is 33.7 Å². The SMILES string of the molecule is CCOC(=O)C1CSC(c2ccc(Br)nc2)N1. The van der Waals surface area contributed by atoms with Crippen molar-refractivity contribution in [2.75, 3.05) is 12.4 Å². The van der Waals surface area contributed by atoms with Gasteiger partial charge in [-0.3, -0.25) is 10.1 Å². The Morgan fingerprint density at radius 1 is 1.71 bits per heavy atom. The van der Waals surface area contributed by atoms with E-state index in [1.54, 1.807) is 11.8 Å². The molecule has 1 saturated heterocycles. The summed E-state index contributed by atoms with van der Waals surface area (Å²) in [5.74, 6) is 0.562. The van der Waals surface area contributed by atoms with Crippen molar-refractivity contribution in [1.29, 1.82) is 0 Å². The molecule has 1 aromatic heterocycles. The van der Waals surface area contributed by atoms with Gasteiger partial charge < -0.3 is 4.74 Å². The smallest absolute Gasteiger partial charge is 0.324 e. The van der Waals surface area contributed by atoms with Gasteiger partial charge in [-0.25, -0.2) is 4.98 Å². The van der Waals surface area contributed by atoms with E-state index in [9.17, 15) is 4.79 Å². The number of esters is 1. The summed E-state index contributed by atoms with van der Waals surface area (Å²) < 4.78 is 5.80. The number of carbonyl (C=O) groups is 1. The van der Waals surface area contributed by atoms with Crippen LogP contribution in [0.25, 0.3) is 0 Å². The van der Waals surface area contributed by atoms with Gasteiger partial charge in [-0.15, -0.1) is 11.8 Å². The highest BCUT2D eigenvalue weighted by Gasteiger charge is 2.31. The van der Waals surface area contributed by atoms with Crippen LogP contribution in [-0.4, -0.2) is 29.4 Å². The van der Waals surface area contributed by atoms with E-state index in [4.69, 9.17) is 4.74 Å². The van der Waals surface area contributed by atoms with Gasteiger partial charge in [-0.05, 0) is 34.5 Å². The summed E-state index contributed by atoms with van der Waals surface area (Å²) in [4.78, 5) is 15.7. The van der Waals surface area contributed by atoms with Crippen molar-refractivity contribution in [2.24, 2.45) is 0 Å². The van der Waals surface area contributed by atoms with E-state index >= 15 is 0 Å². The zero-order valence-electron chi connectivity index (χ0n) is 9.35. The molecule has 1 aliphatic rings. The Kier molecular flexibility index (Phi) is 4.42. The Hall–Kier alpha value is -0.590. The van der Waals surface area contributed by atoms with Crippen LogP contribution in [0.1, 0.15) is 17.9 Å². The molecule has 2 rings (SSSR count). The van der Waals surface area contributed by atoms with Gasteiger partial charge in [0.25, 0.3) is 0 Å². The fourth-order valence-corrected chi connectivity index (χ4v) is 3.03. The molecule has 1 aromatic rings. The van der Waals surface area contributed by atoms with Gasteiger partial charge in [0.1, 0.15) is 10.6 Å². The number of halogens is 1. The molecule has 0 bridgehead atoms. The van der Waals surface area contributed by atoms with Gasteiger partial charge in [0.2, 0.25) is 0 Å². The molecule has 1 fully saturated rings. The standard InChI is InChI=1S/C11H13BrN2O2S/c1-2-16-11(15)8-6-17-10(14-8)7-3-4-9(12)13-5-7/h3-5,8,10,14H,2,6H2,1H3. The molecular formula is C11H13BrN2O2S. The molecule has 1 aliphatic heterocycles. The Balaban J connectivity index is 1.98. The van der Waals surface area contributed by atoms with Crippen LogP contribution in [0.2, 0.25) is 0 Å². The van der Waals surface area contributed by atoms with Crippen molar-refractivity contribution in [3.63, 3.8) is 0 Å². The fourth-order valence-electron chi connectivity index (χ4n) is 1.59. The number of thioether (sulfide) groups is 1. The van der Waals surface area contributed by atoms with Crippen molar-refractivity contribution in [2.45, 2.75) is 18.3 Å². The van der Waals surface area contributed by atoms with Crippen LogP contribution in [0.3, 0.4) is 0 Å². The Bertz CT molecular complexity index is 399. The van der Waals surface area contributed by atoms with Crippen LogP contribution >= 0.6 is 27.7 Å². The zero-order valence-corrected chi connectivity index (χ0v) is 11.8. The van der Waals surface area contributed by atoms with Gasteiger partial charge in [0.15, 0.2) is 0 Å². The summed E-state index contributed by atoms with van der Waals surface area (Å²) >= 11 is 4.99. The molecule has 1 N–H and O–H groups in total. The summed E-state index contributed by atoms with van der Waals surface area (Å²) in [6, 6.07) is 3.68. The molecule has 0 saturated carbocycles. The number of rotatable bonds is 3. The molecule has 2 unspecified atom stereocenters. The number of carbonyl (C=O) groups excluding carboxylic acids is 1. The second-order valence-corrected chi connectivity index (χ2v) is 5.55. The summed E-state index contributed by atoms with van der Waals surface area (Å²) in [6.45, 7) is 2.24. The van der Waals surface area contributed by atoms with E-state index in [0.717, 1.165) is 15.9 Å². The maximum atomic E-state index is 11.6. The Labute approximate surface area is 113 Å². The third-order valence-corrected chi connectivity index (χ3v) is 4.14. The van der Waals surface area contributed by atoms with Crippen LogP contribution in [0, 0.1) is 0 Å². The monoisotopic (exact) mass is 316 g/mol. The highest BCUT2D eigenvalue weighted by atomic mass is 79.9. The first-order chi connectivity index (χ1) is 8.20. The lowest BCUT2D eigenvalue weighted by Gasteiger charge is -2.12. The van der Waals surface area contributed by atoms with Gasteiger partial charge >= 0.3 is 5.97 Å². The molecule has 17 heavy (non-hydrogen) atoms. The number of hydrogen-bond donors (Lipinski definition) is 1. The van der Waals surface area contributed by atoms with Crippen molar-refractivity contribution < 1.29 is 9.53 Å². The minimum Gasteiger partial charge on any atom is -0.465 e.